The standard InChI is InChI=1S/C25H41N7O3/c1-17(26)22(33)31-20(14-8-9-15-29-25(27)28)23(34)32-21(16-18-10-4-2-5-11-18)24(35)30-19-12-6-3-7-13-19/h2,4-5,10-11,17,19-21H,3,6-9,12-16,26H2,1H3,(H,30,35)(H,31,33)(H,32,34)(H4,27,28,29)/t17-,20-,21-/m0/s1. The van der Waals surface area contributed by atoms with E-state index in [0.29, 0.717) is 32.2 Å². The van der Waals surface area contributed by atoms with Crippen molar-refractivity contribution in [1.29, 1.82) is 0 Å². The first kappa shape index (κ1) is 28.1. The van der Waals surface area contributed by atoms with Crippen molar-refractivity contribution in [2.75, 3.05) is 6.54 Å². The number of hydrogen-bond acceptors (Lipinski definition) is 5. The summed E-state index contributed by atoms with van der Waals surface area (Å²) in [6, 6.07) is 7.32. The summed E-state index contributed by atoms with van der Waals surface area (Å²) >= 11 is 0. The Balaban J connectivity index is 2.09. The van der Waals surface area contributed by atoms with Gasteiger partial charge < -0.3 is 33.2 Å². The molecule has 0 aromatic heterocycles. The molecule has 0 spiro atoms. The zero-order chi connectivity index (χ0) is 25.6. The minimum atomic E-state index is -0.826. The van der Waals surface area contributed by atoms with Crippen LogP contribution < -0.4 is 33.2 Å². The predicted molar refractivity (Wildman–Crippen MR) is 137 cm³/mol. The van der Waals surface area contributed by atoms with Crippen molar-refractivity contribution in [2.45, 2.75) is 88.9 Å². The fraction of sp³-hybridized carbons (Fsp3) is 0.600. The molecule has 1 aromatic rings. The van der Waals surface area contributed by atoms with Crippen molar-refractivity contribution in [1.82, 2.24) is 16.0 Å². The van der Waals surface area contributed by atoms with Gasteiger partial charge in [-0.05, 0) is 44.6 Å². The third-order valence-corrected chi connectivity index (χ3v) is 6.11. The highest BCUT2D eigenvalue weighted by Gasteiger charge is 2.28. The van der Waals surface area contributed by atoms with Gasteiger partial charge in [-0.25, -0.2) is 0 Å². The van der Waals surface area contributed by atoms with Crippen LogP contribution in [0, 0.1) is 0 Å². The number of guanidine groups is 1. The van der Waals surface area contributed by atoms with Gasteiger partial charge in [-0.3, -0.25) is 19.4 Å². The molecule has 0 heterocycles. The van der Waals surface area contributed by atoms with E-state index in [9.17, 15) is 14.4 Å². The molecular weight excluding hydrogens is 446 g/mol. The monoisotopic (exact) mass is 487 g/mol. The second kappa shape index (κ2) is 15.0. The van der Waals surface area contributed by atoms with Gasteiger partial charge in [0.15, 0.2) is 5.96 Å². The second-order valence-electron chi connectivity index (χ2n) is 9.25. The first-order valence-electron chi connectivity index (χ1n) is 12.5. The quantitative estimate of drug-likeness (QED) is 0.133. The Kier molecular flexibility index (Phi) is 12.0. The molecule has 1 aliphatic carbocycles. The summed E-state index contributed by atoms with van der Waals surface area (Å²) < 4.78 is 0. The number of rotatable bonds is 13. The van der Waals surface area contributed by atoms with Crippen LogP contribution >= 0.6 is 0 Å². The smallest absolute Gasteiger partial charge is 0.243 e. The van der Waals surface area contributed by atoms with Crippen LogP contribution in [0.4, 0.5) is 0 Å². The number of nitrogens with zero attached hydrogens (tertiary/aromatic N) is 1. The molecule has 10 nitrogen and oxygen atoms in total. The van der Waals surface area contributed by atoms with E-state index in [1.165, 1.54) is 6.42 Å². The maximum atomic E-state index is 13.3. The molecule has 0 radical (unpaired) electrons. The van der Waals surface area contributed by atoms with Crippen LogP contribution in [0.3, 0.4) is 0 Å². The van der Waals surface area contributed by atoms with Gasteiger partial charge in [0.2, 0.25) is 17.7 Å². The molecule has 10 heteroatoms. The van der Waals surface area contributed by atoms with Gasteiger partial charge in [0.25, 0.3) is 0 Å². The number of amides is 3. The van der Waals surface area contributed by atoms with Crippen molar-refractivity contribution in [2.24, 2.45) is 22.2 Å². The first-order chi connectivity index (χ1) is 16.8. The second-order valence-corrected chi connectivity index (χ2v) is 9.25. The topological polar surface area (TPSA) is 178 Å². The Labute approximate surface area is 207 Å². The molecule has 1 saturated carbocycles. The molecule has 0 unspecified atom stereocenters. The highest BCUT2D eigenvalue weighted by molar-refractivity contribution is 5.93. The van der Waals surface area contributed by atoms with E-state index < -0.39 is 29.9 Å². The molecule has 0 aliphatic heterocycles. The molecule has 0 bridgehead atoms. The molecule has 194 valence electrons. The molecule has 1 aliphatic rings. The highest BCUT2D eigenvalue weighted by atomic mass is 16.2. The number of nitrogens with two attached hydrogens (primary N) is 3. The molecule has 35 heavy (non-hydrogen) atoms. The van der Waals surface area contributed by atoms with Crippen LogP contribution in [0.1, 0.15) is 63.9 Å². The highest BCUT2D eigenvalue weighted by Crippen LogP contribution is 2.18. The number of carbonyl (C=O) groups is 3. The maximum Gasteiger partial charge on any atom is 0.243 e. The number of benzene rings is 1. The van der Waals surface area contributed by atoms with Crippen LogP contribution in [-0.4, -0.2) is 54.4 Å². The van der Waals surface area contributed by atoms with E-state index in [4.69, 9.17) is 17.2 Å². The Morgan fingerprint density at radius 3 is 2.23 bits per heavy atom. The molecule has 3 amide bonds. The number of hydrogen-bond donors (Lipinski definition) is 6. The molecule has 9 N–H and O–H groups in total. The predicted octanol–water partition coefficient (Wildman–Crippen LogP) is 0.439. The summed E-state index contributed by atoms with van der Waals surface area (Å²) in [5.41, 5.74) is 17.3. The zero-order valence-corrected chi connectivity index (χ0v) is 20.7. The number of nitrogens with one attached hydrogen (secondary N) is 3. The summed E-state index contributed by atoms with van der Waals surface area (Å²) in [4.78, 5) is 42.7. The van der Waals surface area contributed by atoms with E-state index in [-0.39, 0.29) is 17.9 Å². The fourth-order valence-electron chi connectivity index (χ4n) is 4.12. The van der Waals surface area contributed by atoms with E-state index in [1.54, 1.807) is 6.92 Å². The number of unbranched alkanes of at least 4 members (excludes halogenated alkanes) is 1. The van der Waals surface area contributed by atoms with Gasteiger partial charge in [-0.1, -0.05) is 49.6 Å². The SMILES string of the molecule is C[C@H](N)C(=O)N[C@@H](CCCCN=C(N)N)C(=O)N[C@@H](Cc1ccccc1)C(=O)NC1CCCCC1. The van der Waals surface area contributed by atoms with Crippen LogP contribution in [-0.2, 0) is 20.8 Å². The van der Waals surface area contributed by atoms with Crippen LogP contribution in [0.15, 0.2) is 35.3 Å². The van der Waals surface area contributed by atoms with Crippen LogP contribution in [0.25, 0.3) is 0 Å². The van der Waals surface area contributed by atoms with Gasteiger partial charge in [0.05, 0.1) is 6.04 Å². The van der Waals surface area contributed by atoms with Gasteiger partial charge >= 0.3 is 0 Å². The van der Waals surface area contributed by atoms with Crippen molar-refractivity contribution < 1.29 is 14.4 Å². The third kappa shape index (κ3) is 10.8. The fourth-order valence-corrected chi connectivity index (χ4v) is 4.12. The lowest BCUT2D eigenvalue weighted by atomic mass is 9.95. The van der Waals surface area contributed by atoms with Crippen molar-refractivity contribution in [3.63, 3.8) is 0 Å². The van der Waals surface area contributed by atoms with E-state index in [2.05, 4.69) is 20.9 Å². The molecular formula is C25H41N7O3. The van der Waals surface area contributed by atoms with Crippen LogP contribution in [0.2, 0.25) is 0 Å². The zero-order valence-electron chi connectivity index (χ0n) is 20.7. The van der Waals surface area contributed by atoms with Crippen molar-refractivity contribution in [3.05, 3.63) is 35.9 Å². The molecule has 0 saturated heterocycles. The average molecular weight is 488 g/mol. The minimum Gasteiger partial charge on any atom is -0.370 e. The normalized spacial score (nSPS) is 16.4. The molecule has 3 atom stereocenters. The summed E-state index contributed by atoms with van der Waals surface area (Å²) in [6.45, 7) is 1.98. The Bertz CT molecular complexity index is 835. The number of aliphatic imine (C=N–C) groups is 1. The first-order valence-corrected chi connectivity index (χ1v) is 12.5. The lowest BCUT2D eigenvalue weighted by Gasteiger charge is -2.27. The largest absolute Gasteiger partial charge is 0.370 e. The molecule has 2 rings (SSSR count). The minimum absolute atomic E-state index is 0.0114. The molecule has 1 aromatic carbocycles. The van der Waals surface area contributed by atoms with Crippen molar-refractivity contribution in [3.8, 4) is 0 Å². The molecule has 1 fully saturated rings. The third-order valence-electron chi connectivity index (χ3n) is 6.11. The lowest BCUT2D eigenvalue weighted by molar-refractivity contribution is -0.132. The van der Waals surface area contributed by atoms with Gasteiger partial charge in [0.1, 0.15) is 12.1 Å². The van der Waals surface area contributed by atoms with E-state index in [1.807, 2.05) is 30.3 Å². The Morgan fingerprint density at radius 1 is 0.943 bits per heavy atom. The van der Waals surface area contributed by atoms with Crippen molar-refractivity contribution >= 4 is 23.7 Å². The maximum absolute atomic E-state index is 13.3. The van der Waals surface area contributed by atoms with E-state index in [0.717, 1.165) is 31.2 Å². The van der Waals surface area contributed by atoms with Gasteiger partial charge in [0, 0.05) is 19.0 Å². The lowest BCUT2D eigenvalue weighted by Crippen LogP contribution is -2.56. The number of carbonyl (C=O) groups excluding carboxylic acids is 3. The van der Waals surface area contributed by atoms with Gasteiger partial charge in [-0.2, -0.15) is 0 Å². The average Bonchev–Trinajstić information content (AvgIpc) is 2.83. The van der Waals surface area contributed by atoms with Crippen LogP contribution in [0.5, 0.6) is 0 Å². The summed E-state index contributed by atoms with van der Waals surface area (Å²) in [5, 5.41) is 8.71. The summed E-state index contributed by atoms with van der Waals surface area (Å²) in [7, 11) is 0. The van der Waals surface area contributed by atoms with Gasteiger partial charge in [-0.15, -0.1) is 0 Å². The summed E-state index contributed by atoms with van der Waals surface area (Å²) in [5.74, 6) is -1.04. The Morgan fingerprint density at radius 2 is 1.60 bits per heavy atom. The van der Waals surface area contributed by atoms with E-state index >= 15 is 0 Å². The summed E-state index contributed by atoms with van der Waals surface area (Å²) in [6.07, 6.45) is 7.22. The Hall–Kier alpha value is -3.14.